The lowest BCUT2D eigenvalue weighted by Gasteiger charge is -2.36. The largest absolute Gasteiger partial charge is 0.391 e. The lowest BCUT2D eigenvalue weighted by atomic mass is 9.92. The summed E-state index contributed by atoms with van der Waals surface area (Å²) in [5.74, 6) is 0. The standard InChI is InChI=1S/C25H27NO3S/c27-25-14-8-7-13-24(25)26(30(28,29)23-11-5-2-6-12-23)19-20-15-17-22(18-16-20)21-9-3-1-4-10-21/h1-6,9-12,15-18,24-25,27H,7-8,13-14,19H2/t24-,25-/m1/s1. The van der Waals surface area contributed by atoms with E-state index in [0.29, 0.717) is 12.8 Å². The Kier molecular flexibility index (Phi) is 6.32. The van der Waals surface area contributed by atoms with Crippen LogP contribution in [0.3, 0.4) is 0 Å². The summed E-state index contributed by atoms with van der Waals surface area (Å²) in [5.41, 5.74) is 3.13. The van der Waals surface area contributed by atoms with Gasteiger partial charge in [0.2, 0.25) is 10.0 Å². The van der Waals surface area contributed by atoms with Gasteiger partial charge in [0, 0.05) is 6.54 Å². The van der Waals surface area contributed by atoms with Gasteiger partial charge in [0.25, 0.3) is 0 Å². The van der Waals surface area contributed by atoms with E-state index in [1.165, 1.54) is 4.31 Å². The molecule has 3 aromatic rings. The van der Waals surface area contributed by atoms with Crippen molar-refractivity contribution in [2.24, 2.45) is 0 Å². The monoisotopic (exact) mass is 421 g/mol. The molecule has 0 aliphatic heterocycles. The Morgan fingerprint density at radius 1 is 0.767 bits per heavy atom. The third-order valence-electron chi connectivity index (χ3n) is 5.81. The molecule has 0 aromatic heterocycles. The van der Waals surface area contributed by atoms with Crippen molar-refractivity contribution >= 4 is 10.0 Å². The molecule has 1 fully saturated rings. The van der Waals surface area contributed by atoms with E-state index in [1.54, 1.807) is 30.3 Å². The van der Waals surface area contributed by atoms with Crippen LogP contribution < -0.4 is 0 Å². The second-order valence-electron chi connectivity index (χ2n) is 7.85. The molecule has 0 heterocycles. The van der Waals surface area contributed by atoms with E-state index >= 15 is 0 Å². The van der Waals surface area contributed by atoms with Gasteiger partial charge in [-0.2, -0.15) is 4.31 Å². The maximum absolute atomic E-state index is 13.5. The molecular weight excluding hydrogens is 394 g/mol. The van der Waals surface area contributed by atoms with Crippen molar-refractivity contribution in [1.29, 1.82) is 0 Å². The molecule has 3 aromatic carbocycles. The van der Waals surface area contributed by atoms with E-state index in [4.69, 9.17) is 0 Å². The Hall–Kier alpha value is -2.47. The molecule has 0 unspecified atom stereocenters. The van der Waals surface area contributed by atoms with Crippen LogP contribution in [0.5, 0.6) is 0 Å². The van der Waals surface area contributed by atoms with Crippen molar-refractivity contribution in [2.45, 2.75) is 49.3 Å². The molecule has 1 N–H and O–H groups in total. The van der Waals surface area contributed by atoms with E-state index in [9.17, 15) is 13.5 Å². The van der Waals surface area contributed by atoms with Gasteiger partial charge in [0.15, 0.2) is 0 Å². The third-order valence-corrected chi connectivity index (χ3v) is 7.70. The summed E-state index contributed by atoms with van der Waals surface area (Å²) in [7, 11) is -3.72. The number of nitrogens with zero attached hydrogens (tertiary/aromatic N) is 1. The highest BCUT2D eigenvalue weighted by Gasteiger charge is 2.36. The van der Waals surface area contributed by atoms with Crippen LogP contribution in [-0.4, -0.2) is 30.0 Å². The van der Waals surface area contributed by atoms with Crippen LogP contribution in [-0.2, 0) is 16.6 Å². The van der Waals surface area contributed by atoms with Gasteiger partial charge >= 0.3 is 0 Å². The molecule has 30 heavy (non-hydrogen) atoms. The smallest absolute Gasteiger partial charge is 0.243 e. The van der Waals surface area contributed by atoms with Crippen LogP contribution in [0.2, 0.25) is 0 Å². The first-order valence-corrected chi connectivity index (χ1v) is 11.9. The van der Waals surface area contributed by atoms with Gasteiger partial charge in [-0.25, -0.2) is 8.42 Å². The Balaban J connectivity index is 1.65. The number of hydrogen-bond donors (Lipinski definition) is 1. The summed E-state index contributed by atoms with van der Waals surface area (Å²) in [5, 5.41) is 10.6. The van der Waals surface area contributed by atoms with E-state index in [2.05, 4.69) is 12.1 Å². The van der Waals surface area contributed by atoms with E-state index in [0.717, 1.165) is 29.5 Å². The minimum absolute atomic E-state index is 0.244. The van der Waals surface area contributed by atoms with Crippen LogP contribution in [0, 0.1) is 0 Å². The predicted molar refractivity (Wildman–Crippen MR) is 119 cm³/mol. The molecular formula is C25H27NO3S. The van der Waals surface area contributed by atoms with Crippen molar-refractivity contribution in [2.75, 3.05) is 0 Å². The average Bonchev–Trinajstić information content (AvgIpc) is 2.79. The Bertz CT molecular complexity index is 1050. The summed E-state index contributed by atoms with van der Waals surface area (Å²) in [6.07, 6.45) is 2.53. The summed E-state index contributed by atoms with van der Waals surface area (Å²) >= 11 is 0. The molecule has 1 saturated carbocycles. The first-order valence-electron chi connectivity index (χ1n) is 10.4. The summed E-state index contributed by atoms with van der Waals surface area (Å²) < 4.78 is 28.5. The van der Waals surface area contributed by atoms with Gasteiger partial charge in [-0.15, -0.1) is 0 Å². The predicted octanol–water partition coefficient (Wildman–Crippen LogP) is 4.85. The Morgan fingerprint density at radius 2 is 1.33 bits per heavy atom. The van der Waals surface area contributed by atoms with Crippen LogP contribution >= 0.6 is 0 Å². The van der Waals surface area contributed by atoms with Gasteiger partial charge in [-0.05, 0) is 41.7 Å². The minimum atomic E-state index is -3.72. The molecule has 156 valence electrons. The van der Waals surface area contributed by atoms with E-state index in [1.807, 2.05) is 42.5 Å². The van der Waals surface area contributed by atoms with Crippen molar-refractivity contribution in [1.82, 2.24) is 4.31 Å². The lowest BCUT2D eigenvalue weighted by molar-refractivity contribution is 0.0533. The summed E-state index contributed by atoms with van der Waals surface area (Å²) in [6.45, 7) is 0.244. The fourth-order valence-corrected chi connectivity index (χ4v) is 5.84. The molecule has 4 rings (SSSR count). The number of benzene rings is 3. The zero-order valence-electron chi connectivity index (χ0n) is 16.9. The molecule has 1 aliphatic rings. The number of rotatable bonds is 6. The number of sulfonamides is 1. The highest BCUT2D eigenvalue weighted by atomic mass is 32.2. The van der Waals surface area contributed by atoms with E-state index in [-0.39, 0.29) is 11.4 Å². The molecule has 2 atom stereocenters. The van der Waals surface area contributed by atoms with Gasteiger partial charge in [0.1, 0.15) is 0 Å². The zero-order valence-corrected chi connectivity index (χ0v) is 17.7. The number of aliphatic hydroxyl groups excluding tert-OH is 1. The molecule has 1 aliphatic carbocycles. The number of aliphatic hydroxyl groups is 1. The normalized spacial score (nSPS) is 19.7. The molecule has 0 bridgehead atoms. The summed E-state index contributed by atoms with van der Waals surface area (Å²) in [6, 6.07) is 26.2. The maximum Gasteiger partial charge on any atom is 0.243 e. The molecule has 0 saturated heterocycles. The average molecular weight is 422 g/mol. The Labute approximate surface area is 178 Å². The quantitative estimate of drug-likeness (QED) is 0.619. The molecule has 5 heteroatoms. The Morgan fingerprint density at radius 3 is 1.97 bits per heavy atom. The van der Waals surface area contributed by atoms with Crippen LogP contribution in [0.4, 0.5) is 0 Å². The fraction of sp³-hybridized carbons (Fsp3) is 0.280. The fourth-order valence-electron chi connectivity index (χ4n) is 4.15. The van der Waals surface area contributed by atoms with Gasteiger partial charge < -0.3 is 5.11 Å². The molecule has 4 nitrogen and oxygen atoms in total. The van der Waals surface area contributed by atoms with Crippen molar-refractivity contribution in [3.05, 3.63) is 90.5 Å². The second-order valence-corrected chi connectivity index (χ2v) is 9.74. The van der Waals surface area contributed by atoms with Gasteiger partial charge in [0.05, 0.1) is 17.0 Å². The molecule has 0 radical (unpaired) electrons. The first-order chi connectivity index (χ1) is 14.6. The van der Waals surface area contributed by atoms with Crippen molar-refractivity contribution in [3.63, 3.8) is 0 Å². The van der Waals surface area contributed by atoms with Crippen LogP contribution in [0.15, 0.2) is 89.8 Å². The third kappa shape index (κ3) is 4.48. The van der Waals surface area contributed by atoms with Crippen molar-refractivity contribution < 1.29 is 13.5 Å². The zero-order chi connectivity index (χ0) is 21.0. The van der Waals surface area contributed by atoms with Crippen molar-refractivity contribution in [3.8, 4) is 11.1 Å². The van der Waals surface area contributed by atoms with Gasteiger partial charge in [-0.1, -0.05) is 85.6 Å². The molecule has 0 spiro atoms. The lowest BCUT2D eigenvalue weighted by Crippen LogP contribution is -2.48. The highest BCUT2D eigenvalue weighted by Crippen LogP contribution is 2.30. The maximum atomic E-state index is 13.5. The van der Waals surface area contributed by atoms with Crippen LogP contribution in [0.1, 0.15) is 31.2 Å². The van der Waals surface area contributed by atoms with E-state index < -0.39 is 22.2 Å². The van der Waals surface area contributed by atoms with Crippen LogP contribution in [0.25, 0.3) is 11.1 Å². The molecule has 0 amide bonds. The first kappa shape index (κ1) is 20.8. The summed E-state index contributed by atoms with van der Waals surface area (Å²) in [4.78, 5) is 0.267. The topological polar surface area (TPSA) is 57.6 Å². The van der Waals surface area contributed by atoms with Gasteiger partial charge in [-0.3, -0.25) is 0 Å². The number of hydrogen-bond acceptors (Lipinski definition) is 3. The minimum Gasteiger partial charge on any atom is -0.391 e. The highest BCUT2D eigenvalue weighted by molar-refractivity contribution is 7.89. The SMILES string of the molecule is O=S(=O)(c1ccccc1)N(Cc1ccc(-c2ccccc2)cc1)[C@@H]1CCCC[C@H]1O. The second kappa shape index (κ2) is 9.13.